The van der Waals surface area contributed by atoms with Gasteiger partial charge in [-0.1, -0.05) is 36.4 Å². The number of nitrogens with zero attached hydrogens (tertiary/aromatic N) is 2. The summed E-state index contributed by atoms with van der Waals surface area (Å²) in [7, 11) is 0. The molecule has 2 atom stereocenters. The molecule has 1 N–H and O–H groups in total. The third-order valence-electron chi connectivity index (χ3n) is 7.60. The van der Waals surface area contributed by atoms with Gasteiger partial charge in [0, 0.05) is 29.1 Å². The van der Waals surface area contributed by atoms with E-state index in [1.807, 2.05) is 30.9 Å². The molecule has 3 heterocycles. The SMILES string of the molecule is CC(C)N1CC(=O)N2[C@@H](c3ccc4c(c3)CCCC4)c3[nH]c4ccccc4c3C[C@@H]2C1=O. The van der Waals surface area contributed by atoms with Gasteiger partial charge in [-0.3, -0.25) is 9.59 Å². The molecule has 3 aliphatic rings. The molecular formula is C27H29N3O2. The van der Waals surface area contributed by atoms with E-state index < -0.39 is 6.04 Å². The average Bonchev–Trinajstić information content (AvgIpc) is 3.18. The number of rotatable bonds is 2. The number of H-pyrrole nitrogens is 1. The van der Waals surface area contributed by atoms with E-state index in [-0.39, 0.29) is 30.4 Å². The third kappa shape index (κ3) is 2.83. The van der Waals surface area contributed by atoms with Crippen molar-refractivity contribution >= 4 is 22.7 Å². The van der Waals surface area contributed by atoms with Crippen LogP contribution in [-0.2, 0) is 28.9 Å². The molecule has 32 heavy (non-hydrogen) atoms. The summed E-state index contributed by atoms with van der Waals surface area (Å²) in [6.45, 7) is 4.13. The molecule has 164 valence electrons. The number of benzene rings is 2. The number of aryl methyl sites for hydroxylation is 2. The molecule has 2 aromatic carbocycles. The van der Waals surface area contributed by atoms with E-state index in [1.54, 1.807) is 4.90 Å². The van der Waals surface area contributed by atoms with E-state index in [2.05, 4.69) is 35.3 Å². The minimum Gasteiger partial charge on any atom is -0.356 e. The van der Waals surface area contributed by atoms with Crippen molar-refractivity contribution in [3.8, 4) is 0 Å². The Morgan fingerprint density at radius 3 is 2.59 bits per heavy atom. The first kappa shape index (κ1) is 19.6. The molecule has 0 unspecified atom stereocenters. The van der Waals surface area contributed by atoms with Crippen LogP contribution in [0.25, 0.3) is 10.9 Å². The van der Waals surface area contributed by atoms with Gasteiger partial charge in [-0.25, -0.2) is 0 Å². The molecule has 5 nitrogen and oxygen atoms in total. The third-order valence-corrected chi connectivity index (χ3v) is 7.60. The number of para-hydroxylation sites is 1. The van der Waals surface area contributed by atoms with Crippen LogP contribution in [0, 0.1) is 0 Å². The summed E-state index contributed by atoms with van der Waals surface area (Å²) >= 11 is 0. The Kier molecular flexibility index (Phi) is 4.42. The average molecular weight is 428 g/mol. The molecule has 0 bridgehead atoms. The number of aromatic nitrogens is 1. The summed E-state index contributed by atoms with van der Waals surface area (Å²) in [4.78, 5) is 34.3. The fourth-order valence-corrected chi connectivity index (χ4v) is 5.99. The van der Waals surface area contributed by atoms with Gasteiger partial charge in [0.1, 0.15) is 12.6 Å². The summed E-state index contributed by atoms with van der Waals surface area (Å²) in [6.07, 6.45) is 5.24. The van der Waals surface area contributed by atoms with E-state index in [1.165, 1.54) is 29.5 Å². The van der Waals surface area contributed by atoms with Crippen LogP contribution in [0.5, 0.6) is 0 Å². The minimum atomic E-state index is -0.452. The standard InChI is InChI=1S/C27H29N3O2/c1-16(2)29-15-24(31)30-23(27(29)32)14-21-20-9-5-6-10-22(20)28-25(21)26(30)19-12-11-17-7-3-4-8-18(17)13-19/h5-6,9-13,16,23,26,28H,3-4,7-8,14-15H2,1-2H3/t23-,26+/m1/s1. The lowest BCUT2D eigenvalue weighted by molar-refractivity contribution is -0.160. The first-order valence-corrected chi connectivity index (χ1v) is 11.9. The van der Waals surface area contributed by atoms with Crippen molar-refractivity contribution < 1.29 is 9.59 Å². The van der Waals surface area contributed by atoms with Crippen LogP contribution in [-0.4, -0.2) is 45.2 Å². The number of nitrogens with one attached hydrogen (secondary N) is 1. The van der Waals surface area contributed by atoms with E-state index >= 15 is 0 Å². The van der Waals surface area contributed by atoms with Crippen LogP contribution >= 0.6 is 0 Å². The van der Waals surface area contributed by atoms with Crippen molar-refractivity contribution in [2.75, 3.05) is 6.54 Å². The molecule has 0 spiro atoms. The normalized spacial score (nSPS) is 22.8. The summed E-state index contributed by atoms with van der Waals surface area (Å²) < 4.78 is 0. The predicted molar refractivity (Wildman–Crippen MR) is 124 cm³/mol. The molecule has 1 fully saturated rings. The second-order valence-electron chi connectivity index (χ2n) is 9.78. The maximum atomic E-state index is 13.5. The molecule has 2 amide bonds. The van der Waals surface area contributed by atoms with E-state index in [4.69, 9.17) is 0 Å². The number of carbonyl (C=O) groups is 2. The zero-order chi connectivity index (χ0) is 22.0. The number of carbonyl (C=O) groups excluding carboxylic acids is 2. The monoisotopic (exact) mass is 427 g/mol. The first-order valence-electron chi connectivity index (χ1n) is 11.9. The van der Waals surface area contributed by atoms with Gasteiger partial charge in [-0.05, 0) is 67.9 Å². The van der Waals surface area contributed by atoms with Gasteiger partial charge < -0.3 is 14.8 Å². The molecule has 6 rings (SSSR count). The van der Waals surface area contributed by atoms with Crippen molar-refractivity contribution in [2.45, 2.75) is 64.1 Å². The number of piperazine rings is 1. The molecule has 5 heteroatoms. The molecule has 1 aromatic heterocycles. The summed E-state index contributed by atoms with van der Waals surface area (Å²) in [5.41, 5.74) is 7.25. The Morgan fingerprint density at radius 1 is 1.00 bits per heavy atom. The zero-order valence-electron chi connectivity index (χ0n) is 18.7. The molecule has 1 aliphatic carbocycles. The van der Waals surface area contributed by atoms with Gasteiger partial charge in [-0.2, -0.15) is 0 Å². The van der Waals surface area contributed by atoms with Crippen molar-refractivity contribution in [3.05, 3.63) is 70.4 Å². The number of amides is 2. The van der Waals surface area contributed by atoms with E-state index in [0.29, 0.717) is 6.42 Å². The Balaban J connectivity index is 1.55. The fraction of sp³-hybridized carbons (Fsp3) is 0.407. The summed E-state index contributed by atoms with van der Waals surface area (Å²) in [5, 5.41) is 1.16. The molecule has 1 saturated heterocycles. The molecule has 3 aromatic rings. The van der Waals surface area contributed by atoms with Gasteiger partial charge in [0.15, 0.2) is 0 Å². The largest absolute Gasteiger partial charge is 0.356 e. The number of hydrogen-bond acceptors (Lipinski definition) is 2. The van der Waals surface area contributed by atoms with Crippen molar-refractivity contribution in [3.63, 3.8) is 0 Å². The zero-order valence-corrected chi connectivity index (χ0v) is 18.7. The number of hydrogen-bond donors (Lipinski definition) is 1. The van der Waals surface area contributed by atoms with Gasteiger partial charge in [0.25, 0.3) is 0 Å². The lowest BCUT2D eigenvalue weighted by Crippen LogP contribution is -2.64. The fourth-order valence-electron chi connectivity index (χ4n) is 5.99. The highest BCUT2D eigenvalue weighted by molar-refractivity contribution is 5.97. The topological polar surface area (TPSA) is 56.4 Å². The quantitative estimate of drug-likeness (QED) is 0.668. The number of fused-ring (bicyclic) bond motifs is 5. The highest BCUT2D eigenvalue weighted by atomic mass is 16.2. The lowest BCUT2D eigenvalue weighted by atomic mass is 9.83. The van der Waals surface area contributed by atoms with Crippen LogP contribution in [0.1, 0.15) is 60.7 Å². The van der Waals surface area contributed by atoms with Crippen LogP contribution in [0.2, 0.25) is 0 Å². The highest BCUT2D eigenvalue weighted by Gasteiger charge is 2.48. The molecule has 0 saturated carbocycles. The maximum absolute atomic E-state index is 13.5. The van der Waals surface area contributed by atoms with Crippen LogP contribution in [0.3, 0.4) is 0 Å². The predicted octanol–water partition coefficient (Wildman–Crippen LogP) is 4.14. The second kappa shape index (κ2) is 7.22. The van der Waals surface area contributed by atoms with Crippen LogP contribution in [0.15, 0.2) is 42.5 Å². The van der Waals surface area contributed by atoms with Crippen LogP contribution < -0.4 is 0 Å². The van der Waals surface area contributed by atoms with Gasteiger partial charge in [0.2, 0.25) is 11.8 Å². The minimum absolute atomic E-state index is 0.0140. The van der Waals surface area contributed by atoms with Gasteiger partial charge >= 0.3 is 0 Å². The van der Waals surface area contributed by atoms with E-state index in [9.17, 15) is 9.59 Å². The van der Waals surface area contributed by atoms with Gasteiger partial charge in [0.05, 0.1) is 6.04 Å². The molecule has 2 aliphatic heterocycles. The molecule has 0 radical (unpaired) electrons. The highest BCUT2D eigenvalue weighted by Crippen LogP contribution is 2.43. The van der Waals surface area contributed by atoms with Crippen molar-refractivity contribution in [2.24, 2.45) is 0 Å². The van der Waals surface area contributed by atoms with Gasteiger partial charge in [-0.15, -0.1) is 0 Å². The Bertz CT molecular complexity index is 1240. The molecular weight excluding hydrogens is 398 g/mol. The summed E-state index contributed by atoms with van der Waals surface area (Å²) in [6, 6.07) is 14.3. The Hall–Kier alpha value is -3.08. The second-order valence-corrected chi connectivity index (χ2v) is 9.78. The Labute approximate surface area is 188 Å². The first-order chi connectivity index (χ1) is 15.5. The smallest absolute Gasteiger partial charge is 0.246 e. The summed E-state index contributed by atoms with van der Waals surface area (Å²) in [5.74, 6) is 0.105. The van der Waals surface area contributed by atoms with Crippen LogP contribution in [0.4, 0.5) is 0 Å². The van der Waals surface area contributed by atoms with Crippen molar-refractivity contribution in [1.82, 2.24) is 14.8 Å². The van der Waals surface area contributed by atoms with E-state index in [0.717, 1.165) is 35.0 Å². The lowest BCUT2D eigenvalue weighted by Gasteiger charge is -2.48. The maximum Gasteiger partial charge on any atom is 0.246 e. The van der Waals surface area contributed by atoms with Crippen molar-refractivity contribution in [1.29, 1.82) is 0 Å². The Morgan fingerprint density at radius 2 is 1.78 bits per heavy atom. The number of aromatic amines is 1.